The third-order valence-electron chi connectivity index (χ3n) is 4.98. The van der Waals surface area contributed by atoms with Gasteiger partial charge in [0.05, 0.1) is 24.9 Å². The van der Waals surface area contributed by atoms with Gasteiger partial charge in [-0.25, -0.2) is 9.18 Å². The lowest BCUT2D eigenvalue weighted by Crippen LogP contribution is -2.21. The molecule has 2 aromatic carbocycles. The molecule has 0 aliphatic carbocycles. The van der Waals surface area contributed by atoms with Crippen molar-refractivity contribution in [3.63, 3.8) is 0 Å². The number of nitrogens with zero attached hydrogens (tertiary/aromatic N) is 1. The number of aromatic nitrogens is 1. The van der Waals surface area contributed by atoms with E-state index in [4.69, 9.17) is 19.4 Å². The number of pyridine rings is 1. The number of furan rings is 1. The molecule has 1 amide bonds. The van der Waals surface area contributed by atoms with Gasteiger partial charge in [-0.3, -0.25) is 9.78 Å². The van der Waals surface area contributed by atoms with Crippen LogP contribution in [0.25, 0.3) is 22.1 Å². The molecule has 0 radical (unpaired) electrons. The minimum absolute atomic E-state index is 0.0427. The molecule has 0 bridgehead atoms. The Morgan fingerprint density at radius 3 is 2.70 bits per heavy atom. The van der Waals surface area contributed by atoms with Gasteiger partial charge in [-0.15, -0.1) is 0 Å². The SMILES string of the molecule is O=C(O)Cc1ccccc1OCc1cc(-c2ccnc(CNC(=O)O)c2F)c2occc2c1. The van der Waals surface area contributed by atoms with Crippen LogP contribution in [-0.2, 0) is 24.4 Å². The highest BCUT2D eigenvalue weighted by Gasteiger charge is 2.17. The Balaban J connectivity index is 1.67. The third kappa shape index (κ3) is 4.93. The highest BCUT2D eigenvalue weighted by molar-refractivity contribution is 5.93. The number of fused-ring (bicyclic) bond motifs is 1. The number of hydrogen-bond acceptors (Lipinski definition) is 5. The molecule has 3 N–H and O–H groups in total. The zero-order valence-electron chi connectivity index (χ0n) is 17.2. The minimum Gasteiger partial charge on any atom is -0.489 e. The summed E-state index contributed by atoms with van der Waals surface area (Å²) in [5.74, 6) is -1.17. The molecule has 33 heavy (non-hydrogen) atoms. The summed E-state index contributed by atoms with van der Waals surface area (Å²) in [5.41, 5.74) is 2.36. The highest BCUT2D eigenvalue weighted by atomic mass is 19.1. The van der Waals surface area contributed by atoms with Crippen molar-refractivity contribution in [1.29, 1.82) is 0 Å². The van der Waals surface area contributed by atoms with Crippen LogP contribution in [0.4, 0.5) is 9.18 Å². The molecule has 0 fully saturated rings. The van der Waals surface area contributed by atoms with Gasteiger partial charge in [-0.05, 0) is 35.9 Å². The van der Waals surface area contributed by atoms with Crippen LogP contribution in [0.2, 0.25) is 0 Å². The first kappa shape index (κ1) is 21.8. The van der Waals surface area contributed by atoms with Crippen LogP contribution in [0, 0.1) is 5.82 Å². The number of benzene rings is 2. The average Bonchev–Trinajstić information content (AvgIpc) is 3.26. The van der Waals surface area contributed by atoms with Crippen molar-refractivity contribution in [2.75, 3.05) is 0 Å². The van der Waals surface area contributed by atoms with Gasteiger partial charge >= 0.3 is 12.1 Å². The van der Waals surface area contributed by atoms with Gasteiger partial charge in [0.2, 0.25) is 0 Å². The topological polar surface area (TPSA) is 122 Å². The molecule has 0 aliphatic heterocycles. The van der Waals surface area contributed by atoms with Gasteiger partial charge < -0.3 is 24.7 Å². The number of nitrogens with one attached hydrogen (secondary N) is 1. The number of ether oxygens (including phenoxy) is 1. The van der Waals surface area contributed by atoms with E-state index in [1.54, 1.807) is 36.4 Å². The number of carboxylic acids is 1. The van der Waals surface area contributed by atoms with Gasteiger partial charge in [0.25, 0.3) is 0 Å². The molecule has 0 saturated carbocycles. The molecule has 8 nitrogen and oxygen atoms in total. The second kappa shape index (κ2) is 9.39. The van der Waals surface area contributed by atoms with Gasteiger partial charge in [-0.1, -0.05) is 18.2 Å². The maximum Gasteiger partial charge on any atom is 0.404 e. The molecule has 0 aliphatic rings. The van der Waals surface area contributed by atoms with Crippen molar-refractivity contribution in [2.24, 2.45) is 0 Å². The van der Waals surface area contributed by atoms with Crippen molar-refractivity contribution in [3.05, 3.63) is 83.6 Å². The third-order valence-corrected chi connectivity index (χ3v) is 4.98. The largest absolute Gasteiger partial charge is 0.489 e. The summed E-state index contributed by atoms with van der Waals surface area (Å²) in [6.45, 7) is -0.162. The molecular formula is C24H19FN2O6. The van der Waals surface area contributed by atoms with Crippen molar-refractivity contribution >= 4 is 23.0 Å². The van der Waals surface area contributed by atoms with Crippen LogP contribution < -0.4 is 10.1 Å². The fourth-order valence-corrected chi connectivity index (χ4v) is 3.52. The molecule has 4 aromatic rings. The molecule has 2 aromatic heterocycles. The fraction of sp³-hybridized carbons (Fsp3) is 0.125. The van der Waals surface area contributed by atoms with Crippen LogP contribution in [0.3, 0.4) is 0 Å². The molecule has 0 saturated heterocycles. The number of para-hydroxylation sites is 1. The number of rotatable bonds is 8. The van der Waals surface area contributed by atoms with E-state index in [0.29, 0.717) is 28.0 Å². The smallest absolute Gasteiger partial charge is 0.404 e. The summed E-state index contributed by atoms with van der Waals surface area (Å²) in [6, 6.07) is 13.7. The quantitative estimate of drug-likeness (QED) is 0.358. The predicted molar refractivity (Wildman–Crippen MR) is 116 cm³/mol. The second-order valence-electron chi connectivity index (χ2n) is 7.23. The fourth-order valence-electron chi connectivity index (χ4n) is 3.52. The Morgan fingerprint density at radius 2 is 1.91 bits per heavy atom. The van der Waals surface area contributed by atoms with E-state index in [2.05, 4.69) is 10.3 Å². The van der Waals surface area contributed by atoms with Crippen LogP contribution in [-0.4, -0.2) is 27.3 Å². The summed E-state index contributed by atoms with van der Waals surface area (Å²) in [7, 11) is 0. The second-order valence-corrected chi connectivity index (χ2v) is 7.23. The van der Waals surface area contributed by atoms with E-state index < -0.39 is 17.9 Å². The Morgan fingerprint density at radius 1 is 1.09 bits per heavy atom. The average molecular weight is 450 g/mol. The zero-order valence-corrected chi connectivity index (χ0v) is 17.2. The Kier molecular flexibility index (Phi) is 6.21. The number of carboxylic acid groups (broad SMARTS) is 2. The molecule has 4 rings (SSSR count). The minimum atomic E-state index is -1.28. The molecule has 9 heteroatoms. The van der Waals surface area contributed by atoms with Gasteiger partial charge in [0.15, 0.2) is 5.82 Å². The Labute approximate surface area is 187 Å². The number of carbonyl (C=O) groups is 2. The predicted octanol–water partition coefficient (Wildman–Crippen LogP) is 4.61. The molecule has 2 heterocycles. The summed E-state index contributed by atoms with van der Waals surface area (Å²) in [5, 5.41) is 20.7. The van der Waals surface area contributed by atoms with E-state index in [9.17, 15) is 9.59 Å². The van der Waals surface area contributed by atoms with E-state index in [0.717, 1.165) is 5.39 Å². The van der Waals surface area contributed by atoms with Crippen molar-refractivity contribution < 1.29 is 33.3 Å². The van der Waals surface area contributed by atoms with Crippen LogP contribution in [0.5, 0.6) is 5.75 Å². The van der Waals surface area contributed by atoms with Gasteiger partial charge in [-0.2, -0.15) is 0 Å². The van der Waals surface area contributed by atoms with E-state index in [-0.39, 0.29) is 30.8 Å². The summed E-state index contributed by atoms with van der Waals surface area (Å²) in [6.07, 6.45) is 1.44. The lowest BCUT2D eigenvalue weighted by Gasteiger charge is -2.13. The number of aliphatic carboxylic acids is 1. The summed E-state index contributed by atoms with van der Waals surface area (Å²) >= 11 is 0. The van der Waals surface area contributed by atoms with Crippen LogP contribution >= 0.6 is 0 Å². The summed E-state index contributed by atoms with van der Waals surface area (Å²) in [4.78, 5) is 25.8. The number of hydrogen-bond donors (Lipinski definition) is 3. The van der Waals surface area contributed by atoms with Crippen molar-refractivity contribution in [1.82, 2.24) is 10.3 Å². The zero-order chi connectivity index (χ0) is 23.4. The van der Waals surface area contributed by atoms with E-state index >= 15 is 4.39 Å². The first-order valence-corrected chi connectivity index (χ1v) is 9.95. The summed E-state index contributed by atoms with van der Waals surface area (Å²) < 4.78 is 26.6. The van der Waals surface area contributed by atoms with Gasteiger partial charge in [0, 0.05) is 28.3 Å². The highest BCUT2D eigenvalue weighted by Crippen LogP contribution is 2.33. The normalized spacial score (nSPS) is 10.8. The maximum atomic E-state index is 15.2. The van der Waals surface area contributed by atoms with E-state index in [1.807, 2.05) is 6.07 Å². The Hall–Kier alpha value is -4.40. The number of halogens is 1. The van der Waals surface area contributed by atoms with Crippen molar-refractivity contribution in [2.45, 2.75) is 19.6 Å². The van der Waals surface area contributed by atoms with Gasteiger partial charge in [0.1, 0.15) is 17.9 Å². The van der Waals surface area contributed by atoms with E-state index in [1.165, 1.54) is 18.5 Å². The monoisotopic (exact) mass is 450 g/mol. The Bertz CT molecular complexity index is 1330. The number of amides is 1. The lowest BCUT2D eigenvalue weighted by atomic mass is 10.00. The van der Waals surface area contributed by atoms with Crippen LogP contribution in [0.1, 0.15) is 16.8 Å². The first-order chi connectivity index (χ1) is 15.9. The van der Waals surface area contributed by atoms with Crippen molar-refractivity contribution in [3.8, 4) is 16.9 Å². The molecular weight excluding hydrogens is 431 g/mol. The molecule has 168 valence electrons. The molecule has 0 atom stereocenters. The maximum absolute atomic E-state index is 15.2. The standard InChI is InChI=1S/C24H19FN2O6/c25-22-17(5-7-26-19(22)12-27-24(30)31)18-10-14(9-16-6-8-32-23(16)18)13-33-20-4-2-1-3-15(20)11-21(28)29/h1-10,27H,11-13H2,(H,28,29)(H,30,31). The van der Waals surface area contributed by atoms with Crippen LogP contribution in [0.15, 0.2) is 65.4 Å². The lowest BCUT2D eigenvalue weighted by molar-refractivity contribution is -0.136. The molecule has 0 spiro atoms. The first-order valence-electron chi connectivity index (χ1n) is 9.95. The molecule has 0 unspecified atom stereocenters.